The third-order valence-corrected chi connectivity index (χ3v) is 3.73. The summed E-state index contributed by atoms with van der Waals surface area (Å²) in [6.07, 6.45) is 2.71. The number of nitrogens with one attached hydrogen (secondary N) is 1. The number of benzene rings is 1. The lowest BCUT2D eigenvalue weighted by Crippen LogP contribution is -2.16. The molecule has 2 aromatic rings. The van der Waals surface area contributed by atoms with E-state index < -0.39 is 10.0 Å². The van der Waals surface area contributed by atoms with E-state index in [4.69, 9.17) is 5.73 Å². The summed E-state index contributed by atoms with van der Waals surface area (Å²) in [5.74, 6) is -0.0753. The molecule has 1 aromatic heterocycles. The average molecular weight is 279 g/mol. The quantitative estimate of drug-likeness (QED) is 0.852. The van der Waals surface area contributed by atoms with Gasteiger partial charge in [-0.3, -0.25) is 0 Å². The van der Waals surface area contributed by atoms with Gasteiger partial charge in [-0.05, 0) is 24.6 Å². The van der Waals surface area contributed by atoms with Gasteiger partial charge in [0.15, 0.2) is 0 Å². The van der Waals surface area contributed by atoms with Crippen LogP contribution in [0.5, 0.6) is 0 Å². The molecule has 1 aromatic carbocycles. The lowest BCUT2D eigenvalue weighted by Gasteiger charge is -2.09. The van der Waals surface area contributed by atoms with Gasteiger partial charge in [-0.1, -0.05) is 12.1 Å². The molecular weight excluding hydrogens is 266 g/mol. The minimum absolute atomic E-state index is 0.0753. The molecule has 0 aliphatic heterocycles. The summed E-state index contributed by atoms with van der Waals surface area (Å²) in [4.78, 5) is 3.86. The highest BCUT2D eigenvalue weighted by Gasteiger charge is 2.16. The van der Waals surface area contributed by atoms with E-state index in [2.05, 4.69) is 19.9 Å². The minimum Gasteiger partial charge on any atom is -0.324 e. The first-order chi connectivity index (χ1) is 8.99. The van der Waals surface area contributed by atoms with Crippen LogP contribution in [0, 0.1) is 0 Å². The zero-order chi connectivity index (χ0) is 13.9. The molecule has 0 amide bonds. The number of rotatable bonds is 4. The van der Waals surface area contributed by atoms with Gasteiger partial charge in [0.05, 0.1) is 17.3 Å². The predicted octanol–water partition coefficient (Wildman–Crippen LogP) is 0.692. The van der Waals surface area contributed by atoms with Gasteiger partial charge in [0.25, 0.3) is 16.0 Å². The van der Waals surface area contributed by atoms with Gasteiger partial charge in [0.2, 0.25) is 0 Å². The maximum atomic E-state index is 12.1. The lowest BCUT2D eigenvalue weighted by atomic mass is 10.1. The van der Waals surface area contributed by atoms with Crippen LogP contribution >= 0.6 is 0 Å². The summed E-state index contributed by atoms with van der Waals surface area (Å²) in [7, 11) is -3.74. The van der Waals surface area contributed by atoms with Crippen molar-refractivity contribution >= 4 is 16.0 Å². The van der Waals surface area contributed by atoms with Gasteiger partial charge in [0.1, 0.15) is 0 Å². The molecule has 3 N–H and O–H groups in total. The Labute approximate surface area is 110 Å². The van der Waals surface area contributed by atoms with Crippen LogP contribution < -0.4 is 10.5 Å². The number of hydrogen-bond donors (Lipinski definition) is 2. The topological polar surface area (TPSA) is 111 Å². The van der Waals surface area contributed by atoms with E-state index >= 15 is 0 Å². The Morgan fingerprint density at radius 2 is 2.11 bits per heavy atom. The second kappa shape index (κ2) is 5.29. The molecule has 0 bridgehead atoms. The van der Waals surface area contributed by atoms with Crippen molar-refractivity contribution in [2.24, 2.45) is 5.73 Å². The molecular formula is C11H13N5O2S. The number of anilines is 1. The Bertz CT molecular complexity index is 658. The molecule has 0 aliphatic carbocycles. The number of hydrogen-bond acceptors (Lipinski definition) is 6. The van der Waals surface area contributed by atoms with E-state index in [0.29, 0.717) is 0 Å². The normalized spacial score (nSPS) is 12.9. The van der Waals surface area contributed by atoms with E-state index in [-0.39, 0.29) is 16.9 Å². The fourth-order valence-electron chi connectivity index (χ4n) is 1.44. The SMILES string of the molecule is CC(N)c1cccc(S(=O)(=O)Nc2nccnn2)c1. The molecule has 1 unspecified atom stereocenters. The monoisotopic (exact) mass is 279 g/mol. The maximum Gasteiger partial charge on any atom is 0.264 e. The molecule has 7 nitrogen and oxygen atoms in total. The molecule has 2 rings (SSSR count). The van der Waals surface area contributed by atoms with Crippen molar-refractivity contribution in [2.45, 2.75) is 17.9 Å². The van der Waals surface area contributed by atoms with Crippen molar-refractivity contribution in [3.05, 3.63) is 42.2 Å². The van der Waals surface area contributed by atoms with E-state index in [1.165, 1.54) is 24.5 Å². The fourth-order valence-corrected chi connectivity index (χ4v) is 2.44. The summed E-state index contributed by atoms with van der Waals surface area (Å²) < 4.78 is 26.5. The maximum absolute atomic E-state index is 12.1. The summed E-state index contributed by atoms with van der Waals surface area (Å²) >= 11 is 0. The zero-order valence-corrected chi connectivity index (χ0v) is 11.0. The molecule has 100 valence electrons. The van der Waals surface area contributed by atoms with Crippen LogP contribution in [0.2, 0.25) is 0 Å². The van der Waals surface area contributed by atoms with Crippen LogP contribution in [-0.4, -0.2) is 23.6 Å². The van der Waals surface area contributed by atoms with E-state index in [0.717, 1.165) is 5.56 Å². The fraction of sp³-hybridized carbons (Fsp3) is 0.182. The molecule has 0 saturated carbocycles. The average Bonchev–Trinajstić information content (AvgIpc) is 2.39. The van der Waals surface area contributed by atoms with Crippen molar-refractivity contribution < 1.29 is 8.42 Å². The first-order valence-electron chi connectivity index (χ1n) is 5.51. The van der Waals surface area contributed by atoms with Gasteiger partial charge in [0, 0.05) is 6.04 Å². The second-order valence-corrected chi connectivity index (χ2v) is 5.62. The number of aromatic nitrogens is 3. The van der Waals surface area contributed by atoms with Gasteiger partial charge in [-0.25, -0.2) is 18.1 Å². The molecule has 0 aliphatic rings. The van der Waals surface area contributed by atoms with Crippen molar-refractivity contribution in [3.8, 4) is 0 Å². The summed E-state index contributed by atoms with van der Waals surface area (Å²) in [5.41, 5.74) is 6.46. The molecule has 1 heterocycles. The first kappa shape index (κ1) is 13.4. The van der Waals surface area contributed by atoms with Gasteiger partial charge in [-0.15, -0.1) is 5.10 Å². The molecule has 0 fully saturated rings. The Morgan fingerprint density at radius 1 is 1.32 bits per heavy atom. The highest BCUT2D eigenvalue weighted by atomic mass is 32.2. The lowest BCUT2D eigenvalue weighted by molar-refractivity contribution is 0.600. The Morgan fingerprint density at radius 3 is 2.74 bits per heavy atom. The molecule has 0 radical (unpaired) electrons. The zero-order valence-electron chi connectivity index (χ0n) is 10.2. The predicted molar refractivity (Wildman–Crippen MR) is 69.7 cm³/mol. The van der Waals surface area contributed by atoms with Crippen LogP contribution in [0.1, 0.15) is 18.5 Å². The highest BCUT2D eigenvalue weighted by Crippen LogP contribution is 2.17. The number of nitrogens with two attached hydrogens (primary N) is 1. The Hall–Kier alpha value is -2.06. The second-order valence-electron chi connectivity index (χ2n) is 3.93. The Kier molecular flexibility index (Phi) is 3.72. The van der Waals surface area contributed by atoms with Crippen LogP contribution in [0.25, 0.3) is 0 Å². The van der Waals surface area contributed by atoms with E-state index in [9.17, 15) is 8.42 Å². The third-order valence-electron chi connectivity index (χ3n) is 2.40. The number of sulfonamides is 1. The van der Waals surface area contributed by atoms with Crippen molar-refractivity contribution in [2.75, 3.05) is 4.72 Å². The van der Waals surface area contributed by atoms with Crippen LogP contribution in [0.15, 0.2) is 41.6 Å². The molecule has 0 spiro atoms. The van der Waals surface area contributed by atoms with E-state index in [1.807, 2.05) is 0 Å². The molecule has 8 heteroatoms. The first-order valence-corrected chi connectivity index (χ1v) is 6.99. The van der Waals surface area contributed by atoms with E-state index in [1.54, 1.807) is 19.1 Å². The highest BCUT2D eigenvalue weighted by molar-refractivity contribution is 7.92. The van der Waals surface area contributed by atoms with Crippen molar-refractivity contribution in [3.63, 3.8) is 0 Å². The Balaban J connectivity index is 2.32. The molecule has 19 heavy (non-hydrogen) atoms. The van der Waals surface area contributed by atoms with Crippen molar-refractivity contribution in [1.82, 2.24) is 15.2 Å². The van der Waals surface area contributed by atoms with Gasteiger partial charge >= 0.3 is 0 Å². The smallest absolute Gasteiger partial charge is 0.264 e. The molecule has 0 saturated heterocycles. The van der Waals surface area contributed by atoms with Gasteiger partial charge < -0.3 is 5.73 Å². The standard InChI is InChI=1S/C11H13N5O2S/c1-8(12)9-3-2-4-10(7-9)19(17,18)16-11-13-5-6-14-15-11/h2-8H,12H2,1H3,(H,13,15,16). The number of nitrogens with zero attached hydrogens (tertiary/aromatic N) is 3. The summed E-state index contributed by atoms with van der Waals surface area (Å²) in [6.45, 7) is 1.78. The molecule has 1 atom stereocenters. The third kappa shape index (κ3) is 3.24. The minimum atomic E-state index is -3.74. The van der Waals surface area contributed by atoms with Crippen LogP contribution in [0.3, 0.4) is 0 Å². The van der Waals surface area contributed by atoms with Crippen LogP contribution in [-0.2, 0) is 10.0 Å². The largest absolute Gasteiger partial charge is 0.324 e. The van der Waals surface area contributed by atoms with Crippen LogP contribution in [0.4, 0.5) is 5.95 Å². The summed E-state index contributed by atoms with van der Waals surface area (Å²) in [6, 6.07) is 6.15. The summed E-state index contributed by atoms with van der Waals surface area (Å²) in [5, 5.41) is 7.12. The van der Waals surface area contributed by atoms with Crippen molar-refractivity contribution in [1.29, 1.82) is 0 Å². The van der Waals surface area contributed by atoms with Gasteiger partial charge in [-0.2, -0.15) is 5.10 Å².